The first-order valence-corrected chi connectivity index (χ1v) is 6.40. The quantitative estimate of drug-likeness (QED) is 0.942. The van der Waals surface area contributed by atoms with Gasteiger partial charge in [-0.15, -0.1) is 0 Å². The summed E-state index contributed by atoms with van der Waals surface area (Å²) < 4.78 is 5.95. The van der Waals surface area contributed by atoms with Crippen molar-refractivity contribution in [1.82, 2.24) is 4.98 Å². The standard InChI is InChI=1S/C13H13BrN2O2/c1-9-15-10(8-18-9)6-7-13(17)16-12-5-3-2-4-11(12)14/h2-5,8H,6-7H2,1H3,(H,16,17). The van der Waals surface area contributed by atoms with E-state index in [1.165, 1.54) is 0 Å². The third-order valence-corrected chi connectivity index (χ3v) is 3.11. The number of hydrogen-bond acceptors (Lipinski definition) is 3. The predicted octanol–water partition coefficient (Wildman–Crippen LogP) is 3.32. The van der Waals surface area contributed by atoms with Gasteiger partial charge in [-0.25, -0.2) is 4.98 Å². The molecular formula is C13H13BrN2O2. The van der Waals surface area contributed by atoms with Crippen molar-refractivity contribution in [3.05, 3.63) is 46.6 Å². The number of oxazole rings is 1. The van der Waals surface area contributed by atoms with E-state index in [0.29, 0.717) is 18.7 Å². The average molecular weight is 309 g/mol. The summed E-state index contributed by atoms with van der Waals surface area (Å²) in [6, 6.07) is 7.51. The Kier molecular flexibility index (Phi) is 4.15. The van der Waals surface area contributed by atoms with E-state index in [2.05, 4.69) is 26.2 Å². The minimum absolute atomic E-state index is 0.0393. The van der Waals surface area contributed by atoms with Gasteiger partial charge in [-0.05, 0) is 28.1 Å². The van der Waals surface area contributed by atoms with Crippen LogP contribution in [0.4, 0.5) is 5.69 Å². The lowest BCUT2D eigenvalue weighted by Gasteiger charge is -2.06. The highest BCUT2D eigenvalue weighted by Gasteiger charge is 2.07. The molecule has 2 aromatic rings. The number of anilines is 1. The van der Waals surface area contributed by atoms with Crippen molar-refractivity contribution in [3.8, 4) is 0 Å². The number of amides is 1. The van der Waals surface area contributed by atoms with Gasteiger partial charge >= 0.3 is 0 Å². The lowest BCUT2D eigenvalue weighted by atomic mass is 10.2. The predicted molar refractivity (Wildman–Crippen MR) is 72.3 cm³/mol. The molecule has 0 saturated carbocycles. The Hall–Kier alpha value is -1.62. The monoisotopic (exact) mass is 308 g/mol. The van der Waals surface area contributed by atoms with Crippen LogP contribution in [0.2, 0.25) is 0 Å². The Bertz CT molecular complexity index is 551. The topological polar surface area (TPSA) is 55.1 Å². The molecule has 0 aliphatic heterocycles. The Labute approximate surface area is 114 Å². The molecule has 0 fully saturated rings. The average Bonchev–Trinajstić information content (AvgIpc) is 2.76. The maximum atomic E-state index is 11.8. The number of para-hydroxylation sites is 1. The van der Waals surface area contributed by atoms with Gasteiger partial charge in [0.25, 0.3) is 0 Å². The molecule has 1 N–H and O–H groups in total. The van der Waals surface area contributed by atoms with E-state index in [-0.39, 0.29) is 5.91 Å². The highest BCUT2D eigenvalue weighted by atomic mass is 79.9. The number of carbonyl (C=O) groups is 1. The second-order valence-electron chi connectivity index (χ2n) is 3.89. The number of aryl methyl sites for hydroxylation is 2. The zero-order valence-electron chi connectivity index (χ0n) is 9.94. The van der Waals surface area contributed by atoms with Crippen LogP contribution in [-0.4, -0.2) is 10.9 Å². The van der Waals surface area contributed by atoms with Crippen molar-refractivity contribution in [2.24, 2.45) is 0 Å². The highest BCUT2D eigenvalue weighted by Crippen LogP contribution is 2.21. The molecule has 0 aliphatic rings. The largest absolute Gasteiger partial charge is 0.449 e. The van der Waals surface area contributed by atoms with Crippen LogP contribution in [0.5, 0.6) is 0 Å². The van der Waals surface area contributed by atoms with Gasteiger partial charge in [0.15, 0.2) is 5.89 Å². The van der Waals surface area contributed by atoms with Crippen LogP contribution in [0.25, 0.3) is 0 Å². The van der Waals surface area contributed by atoms with Crippen molar-refractivity contribution in [2.45, 2.75) is 19.8 Å². The fourth-order valence-electron chi connectivity index (χ4n) is 1.54. The van der Waals surface area contributed by atoms with Crippen LogP contribution in [-0.2, 0) is 11.2 Å². The fourth-order valence-corrected chi connectivity index (χ4v) is 1.92. The van der Waals surface area contributed by atoms with Gasteiger partial charge in [0.05, 0.1) is 11.4 Å². The fraction of sp³-hybridized carbons (Fsp3) is 0.231. The molecule has 2 rings (SSSR count). The summed E-state index contributed by atoms with van der Waals surface area (Å²) in [5.74, 6) is 0.582. The van der Waals surface area contributed by atoms with Crippen molar-refractivity contribution in [3.63, 3.8) is 0 Å². The van der Waals surface area contributed by atoms with E-state index < -0.39 is 0 Å². The first-order valence-electron chi connectivity index (χ1n) is 5.60. The molecular weight excluding hydrogens is 296 g/mol. The third kappa shape index (κ3) is 3.43. The summed E-state index contributed by atoms with van der Waals surface area (Å²) in [7, 11) is 0. The second kappa shape index (κ2) is 5.82. The molecule has 0 radical (unpaired) electrons. The Morgan fingerprint density at radius 2 is 2.22 bits per heavy atom. The molecule has 1 aromatic heterocycles. The van der Waals surface area contributed by atoms with Crippen LogP contribution in [0.1, 0.15) is 18.0 Å². The van der Waals surface area contributed by atoms with Crippen LogP contribution < -0.4 is 5.32 Å². The minimum atomic E-state index is -0.0393. The van der Waals surface area contributed by atoms with Crippen molar-refractivity contribution >= 4 is 27.5 Å². The van der Waals surface area contributed by atoms with E-state index in [4.69, 9.17) is 4.42 Å². The zero-order valence-corrected chi connectivity index (χ0v) is 11.5. The maximum Gasteiger partial charge on any atom is 0.224 e. The maximum absolute atomic E-state index is 11.8. The zero-order chi connectivity index (χ0) is 13.0. The van der Waals surface area contributed by atoms with Gasteiger partial charge in [0, 0.05) is 24.2 Å². The van der Waals surface area contributed by atoms with E-state index in [0.717, 1.165) is 15.9 Å². The van der Waals surface area contributed by atoms with Crippen molar-refractivity contribution < 1.29 is 9.21 Å². The molecule has 1 amide bonds. The van der Waals surface area contributed by atoms with E-state index in [9.17, 15) is 4.79 Å². The van der Waals surface area contributed by atoms with Gasteiger partial charge in [0.2, 0.25) is 5.91 Å². The smallest absolute Gasteiger partial charge is 0.224 e. The molecule has 0 atom stereocenters. The summed E-state index contributed by atoms with van der Waals surface area (Å²) in [5, 5.41) is 2.84. The van der Waals surface area contributed by atoms with Gasteiger partial charge in [-0.2, -0.15) is 0 Å². The molecule has 1 aromatic carbocycles. The van der Waals surface area contributed by atoms with E-state index in [1.807, 2.05) is 24.3 Å². The second-order valence-corrected chi connectivity index (χ2v) is 4.74. The number of carbonyl (C=O) groups excluding carboxylic acids is 1. The van der Waals surface area contributed by atoms with E-state index in [1.54, 1.807) is 13.2 Å². The lowest BCUT2D eigenvalue weighted by molar-refractivity contribution is -0.116. The van der Waals surface area contributed by atoms with Crippen LogP contribution in [0.15, 0.2) is 39.4 Å². The number of nitrogens with zero attached hydrogens (tertiary/aromatic N) is 1. The highest BCUT2D eigenvalue weighted by molar-refractivity contribution is 9.10. The molecule has 0 spiro atoms. The number of aromatic nitrogens is 1. The number of rotatable bonds is 4. The molecule has 4 nitrogen and oxygen atoms in total. The number of benzene rings is 1. The van der Waals surface area contributed by atoms with Crippen LogP contribution in [0.3, 0.4) is 0 Å². The molecule has 5 heteroatoms. The number of halogens is 1. The van der Waals surface area contributed by atoms with Gasteiger partial charge < -0.3 is 9.73 Å². The molecule has 94 valence electrons. The molecule has 0 bridgehead atoms. The first-order chi connectivity index (χ1) is 8.65. The molecule has 0 saturated heterocycles. The van der Waals surface area contributed by atoms with Crippen molar-refractivity contribution in [1.29, 1.82) is 0 Å². The lowest BCUT2D eigenvalue weighted by Crippen LogP contribution is -2.12. The molecule has 1 heterocycles. The molecule has 0 unspecified atom stereocenters. The number of hydrogen-bond donors (Lipinski definition) is 1. The minimum Gasteiger partial charge on any atom is -0.449 e. The summed E-state index contributed by atoms with van der Waals surface area (Å²) in [5.41, 5.74) is 1.58. The SMILES string of the molecule is Cc1nc(CCC(=O)Nc2ccccc2Br)co1. The van der Waals surface area contributed by atoms with E-state index >= 15 is 0 Å². The van der Waals surface area contributed by atoms with Crippen molar-refractivity contribution in [2.75, 3.05) is 5.32 Å². The number of nitrogens with one attached hydrogen (secondary N) is 1. The Morgan fingerprint density at radius 3 is 2.89 bits per heavy atom. The van der Waals surface area contributed by atoms with Gasteiger partial charge in [0.1, 0.15) is 6.26 Å². The third-order valence-electron chi connectivity index (χ3n) is 2.42. The molecule has 18 heavy (non-hydrogen) atoms. The van der Waals surface area contributed by atoms with Crippen LogP contribution in [0, 0.1) is 6.92 Å². The summed E-state index contributed by atoms with van der Waals surface area (Å²) in [6.07, 6.45) is 2.54. The van der Waals surface area contributed by atoms with Crippen LogP contribution >= 0.6 is 15.9 Å². The summed E-state index contributed by atoms with van der Waals surface area (Å²) in [6.45, 7) is 1.78. The normalized spacial score (nSPS) is 10.3. The first kappa shape index (κ1) is 12.8. The van der Waals surface area contributed by atoms with Gasteiger partial charge in [-0.3, -0.25) is 4.79 Å². The molecule has 0 aliphatic carbocycles. The Balaban J connectivity index is 1.88. The van der Waals surface area contributed by atoms with Gasteiger partial charge in [-0.1, -0.05) is 12.1 Å². The summed E-state index contributed by atoms with van der Waals surface area (Å²) in [4.78, 5) is 15.9. The summed E-state index contributed by atoms with van der Waals surface area (Å²) >= 11 is 3.38. The Morgan fingerprint density at radius 1 is 1.44 bits per heavy atom.